The largest absolute Gasteiger partial charge is 0.573 e. The molecule has 0 spiro atoms. The van der Waals surface area contributed by atoms with Crippen molar-refractivity contribution in [1.29, 1.82) is 0 Å². The molecule has 1 N–H and O–H groups in total. The highest BCUT2D eigenvalue weighted by Gasteiger charge is 2.31. The van der Waals surface area contributed by atoms with E-state index < -0.39 is 6.36 Å². The summed E-state index contributed by atoms with van der Waals surface area (Å²) in [5.74, 6) is 0.0884. The summed E-state index contributed by atoms with van der Waals surface area (Å²) in [5, 5.41) is 2.81. The summed E-state index contributed by atoms with van der Waals surface area (Å²) < 4.78 is 46.0. The second kappa shape index (κ2) is 10.9. The van der Waals surface area contributed by atoms with Crippen LogP contribution in [0.1, 0.15) is 24.8 Å². The number of carbonyl (C=O) groups is 2. The van der Waals surface area contributed by atoms with Gasteiger partial charge in [-0.1, -0.05) is 30.3 Å². The van der Waals surface area contributed by atoms with E-state index in [9.17, 15) is 22.8 Å². The third kappa shape index (κ3) is 7.47. The van der Waals surface area contributed by atoms with Gasteiger partial charge >= 0.3 is 6.36 Å². The van der Waals surface area contributed by atoms with Crippen molar-refractivity contribution < 1.29 is 32.2 Å². The Kier molecular flexibility index (Phi) is 7.97. The van der Waals surface area contributed by atoms with Crippen LogP contribution in [-0.2, 0) is 16.1 Å². The number of hydrogen-bond acceptors (Lipinski definition) is 4. The van der Waals surface area contributed by atoms with Gasteiger partial charge in [-0.2, -0.15) is 0 Å². The van der Waals surface area contributed by atoms with E-state index in [1.807, 2.05) is 30.3 Å². The Morgan fingerprint density at radius 1 is 0.969 bits per heavy atom. The number of rotatable bonds is 8. The zero-order valence-corrected chi connectivity index (χ0v) is 17.4. The van der Waals surface area contributed by atoms with Gasteiger partial charge in [0.1, 0.15) is 11.5 Å². The summed E-state index contributed by atoms with van der Waals surface area (Å²) in [7, 11) is 0. The topological polar surface area (TPSA) is 67.9 Å². The summed E-state index contributed by atoms with van der Waals surface area (Å²) >= 11 is 0. The van der Waals surface area contributed by atoms with Crippen molar-refractivity contribution in [2.75, 3.05) is 19.7 Å². The molecule has 0 atom stereocenters. The van der Waals surface area contributed by atoms with Gasteiger partial charge in [-0.05, 0) is 42.7 Å². The van der Waals surface area contributed by atoms with E-state index >= 15 is 0 Å². The zero-order chi connectivity index (χ0) is 23.0. The predicted octanol–water partition coefficient (Wildman–Crippen LogP) is 3.91. The molecule has 1 heterocycles. The minimum atomic E-state index is -4.74. The molecule has 1 fully saturated rings. The number of para-hydroxylation sites is 1. The number of piperidine rings is 1. The maximum Gasteiger partial charge on any atom is 0.573 e. The number of likely N-dealkylation sites (tertiary alicyclic amines) is 1. The fourth-order valence-electron chi connectivity index (χ4n) is 3.46. The number of halogens is 3. The van der Waals surface area contributed by atoms with Crippen LogP contribution in [-0.4, -0.2) is 42.8 Å². The molecule has 0 unspecified atom stereocenters. The highest BCUT2D eigenvalue weighted by atomic mass is 19.4. The summed E-state index contributed by atoms with van der Waals surface area (Å²) in [6, 6.07) is 14.6. The molecule has 0 bridgehead atoms. The van der Waals surface area contributed by atoms with Crippen molar-refractivity contribution in [2.45, 2.75) is 32.2 Å². The van der Waals surface area contributed by atoms with Crippen molar-refractivity contribution in [3.63, 3.8) is 0 Å². The van der Waals surface area contributed by atoms with Crippen LogP contribution < -0.4 is 14.8 Å². The van der Waals surface area contributed by atoms with Gasteiger partial charge in [0, 0.05) is 25.6 Å². The molecule has 0 aromatic heterocycles. The first-order valence-electron chi connectivity index (χ1n) is 10.4. The summed E-state index contributed by atoms with van der Waals surface area (Å²) in [4.78, 5) is 26.5. The molecule has 2 amide bonds. The minimum absolute atomic E-state index is 0.000884. The van der Waals surface area contributed by atoms with Gasteiger partial charge in [-0.15, -0.1) is 13.2 Å². The third-order valence-electron chi connectivity index (χ3n) is 5.17. The average molecular weight is 450 g/mol. The fraction of sp³-hybridized carbons (Fsp3) is 0.391. The first kappa shape index (κ1) is 23.4. The van der Waals surface area contributed by atoms with Crippen molar-refractivity contribution in [3.8, 4) is 11.5 Å². The number of alkyl halides is 3. The van der Waals surface area contributed by atoms with Gasteiger partial charge in [0.2, 0.25) is 11.8 Å². The number of hydrogen-bond donors (Lipinski definition) is 1. The van der Waals surface area contributed by atoms with E-state index in [1.54, 1.807) is 4.90 Å². The SMILES string of the molecule is O=C(NCc1ccc(OC(F)(F)F)cc1)C1CCN(C(=O)CCOc2ccccc2)CC1. The quantitative estimate of drug-likeness (QED) is 0.662. The molecule has 2 aromatic rings. The molecule has 3 rings (SSSR count). The number of nitrogens with zero attached hydrogens (tertiary/aromatic N) is 1. The maximum absolute atomic E-state index is 12.4. The van der Waals surface area contributed by atoms with Crippen LogP contribution in [0.15, 0.2) is 54.6 Å². The Bertz CT molecular complexity index is 880. The number of ether oxygens (including phenoxy) is 2. The Morgan fingerprint density at radius 2 is 1.62 bits per heavy atom. The Morgan fingerprint density at radius 3 is 2.25 bits per heavy atom. The lowest BCUT2D eigenvalue weighted by atomic mass is 9.95. The molecule has 1 aliphatic rings. The lowest BCUT2D eigenvalue weighted by Crippen LogP contribution is -2.43. The van der Waals surface area contributed by atoms with Crippen LogP contribution in [0.2, 0.25) is 0 Å². The van der Waals surface area contributed by atoms with Gasteiger partial charge < -0.3 is 19.7 Å². The van der Waals surface area contributed by atoms with Crippen LogP contribution in [0, 0.1) is 5.92 Å². The highest BCUT2D eigenvalue weighted by Crippen LogP contribution is 2.23. The van der Waals surface area contributed by atoms with E-state index in [2.05, 4.69) is 10.1 Å². The van der Waals surface area contributed by atoms with E-state index in [-0.39, 0.29) is 36.4 Å². The van der Waals surface area contributed by atoms with E-state index in [4.69, 9.17) is 4.74 Å². The summed E-state index contributed by atoms with van der Waals surface area (Å²) in [6.45, 7) is 1.52. The van der Waals surface area contributed by atoms with Crippen LogP contribution in [0.25, 0.3) is 0 Å². The normalized spacial score (nSPS) is 14.7. The second-order valence-electron chi connectivity index (χ2n) is 7.48. The molecule has 1 saturated heterocycles. The minimum Gasteiger partial charge on any atom is -0.493 e. The molecular formula is C23H25F3N2O4. The molecule has 9 heteroatoms. The summed E-state index contributed by atoms with van der Waals surface area (Å²) in [5.41, 5.74) is 0.666. The van der Waals surface area contributed by atoms with Gasteiger partial charge in [0.15, 0.2) is 0 Å². The Balaban J connectivity index is 1.35. The third-order valence-corrected chi connectivity index (χ3v) is 5.17. The van der Waals surface area contributed by atoms with Crippen LogP contribution in [0.4, 0.5) is 13.2 Å². The lowest BCUT2D eigenvalue weighted by Gasteiger charge is -2.31. The molecule has 0 saturated carbocycles. The first-order chi connectivity index (χ1) is 15.3. The van der Waals surface area contributed by atoms with E-state index in [1.165, 1.54) is 24.3 Å². The number of benzene rings is 2. The Labute approximate surface area is 184 Å². The molecular weight excluding hydrogens is 425 g/mol. The van der Waals surface area contributed by atoms with Crippen molar-refractivity contribution >= 4 is 11.8 Å². The zero-order valence-electron chi connectivity index (χ0n) is 17.4. The predicted molar refractivity (Wildman–Crippen MR) is 111 cm³/mol. The van der Waals surface area contributed by atoms with Crippen LogP contribution in [0.5, 0.6) is 11.5 Å². The molecule has 172 valence electrons. The molecule has 6 nitrogen and oxygen atoms in total. The fourth-order valence-corrected chi connectivity index (χ4v) is 3.46. The van der Waals surface area contributed by atoms with Crippen LogP contribution in [0.3, 0.4) is 0 Å². The first-order valence-corrected chi connectivity index (χ1v) is 10.4. The van der Waals surface area contributed by atoms with Gasteiger partial charge in [-0.25, -0.2) is 0 Å². The van der Waals surface area contributed by atoms with E-state index in [0.29, 0.717) is 38.1 Å². The second-order valence-corrected chi connectivity index (χ2v) is 7.48. The number of nitrogens with one attached hydrogen (secondary N) is 1. The monoisotopic (exact) mass is 450 g/mol. The average Bonchev–Trinajstić information content (AvgIpc) is 2.78. The summed E-state index contributed by atoms with van der Waals surface area (Å²) in [6.07, 6.45) is -3.33. The van der Waals surface area contributed by atoms with Gasteiger partial charge in [0.25, 0.3) is 0 Å². The number of carbonyl (C=O) groups excluding carboxylic acids is 2. The smallest absolute Gasteiger partial charge is 0.493 e. The van der Waals surface area contributed by atoms with Crippen LogP contribution >= 0.6 is 0 Å². The number of amides is 2. The molecule has 1 aliphatic heterocycles. The van der Waals surface area contributed by atoms with Crippen molar-refractivity contribution in [1.82, 2.24) is 10.2 Å². The van der Waals surface area contributed by atoms with Gasteiger partial charge in [-0.3, -0.25) is 9.59 Å². The maximum atomic E-state index is 12.4. The van der Waals surface area contributed by atoms with Crippen molar-refractivity contribution in [2.24, 2.45) is 5.92 Å². The Hall–Kier alpha value is -3.23. The van der Waals surface area contributed by atoms with E-state index in [0.717, 1.165) is 5.75 Å². The molecule has 2 aromatic carbocycles. The highest BCUT2D eigenvalue weighted by molar-refractivity contribution is 5.80. The lowest BCUT2D eigenvalue weighted by molar-refractivity contribution is -0.274. The molecule has 0 radical (unpaired) electrons. The molecule has 0 aliphatic carbocycles. The van der Waals surface area contributed by atoms with Gasteiger partial charge in [0.05, 0.1) is 13.0 Å². The standard InChI is InChI=1S/C23H25F3N2O4/c24-23(25,26)32-20-8-6-17(7-9-20)16-27-22(30)18-10-13-28(14-11-18)21(29)12-15-31-19-4-2-1-3-5-19/h1-9,18H,10-16H2,(H,27,30). The van der Waals surface area contributed by atoms with Crippen molar-refractivity contribution in [3.05, 3.63) is 60.2 Å². The molecule has 32 heavy (non-hydrogen) atoms.